The van der Waals surface area contributed by atoms with Crippen LogP contribution in [0.5, 0.6) is 0 Å². The number of carbonyl (C=O) groups is 1. The maximum Gasteiger partial charge on any atom is 0.363 e. The van der Waals surface area contributed by atoms with E-state index >= 15 is 0 Å². The fourth-order valence-corrected chi connectivity index (χ4v) is 2.84. The molecule has 2 aromatic heterocycles. The van der Waals surface area contributed by atoms with Crippen molar-refractivity contribution in [3.05, 3.63) is 82.7 Å². The highest BCUT2D eigenvalue weighted by atomic mass is 16.6. The van der Waals surface area contributed by atoms with E-state index in [2.05, 4.69) is 10.1 Å². The molecule has 3 heterocycles. The molecule has 0 saturated carbocycles. The van der Waals surface area contributed by atoms with Gasteiger partial charge in [-0.05, 0) is 31.6 Å². The number of hydrogen-bond donors (Lipinski definition) is 0. The lowest BCUT2D eigenvalue weighted by Crippen LogP contribution is -2.05. The summed E-state index contributed by atoms with van der Waals surface area (Å²) in [6.45, 7) is 4.32. The van der Waals surface area contributed by atoms with Gasteiger partial charge in [0.05, 0.1) is 18.3 Å². The largest absolute Gasteiger partial charge is 0.466 e. The van der Waals surface area contributed by atoms with E-state index in [1.165, 1.54) is 0 Å². The van der Waals surface area contributed by atoms with E-state index in [-0.39, 0.29) is 11.6 Å². The fraction of sp³-hybridized carbons (Fsp3) is 0.150. The molecule has 6 heteroatoms. The van der Waals surface area contributed by atoms with Crippen molar-refractivity contribution in [3.63, 3.8) is 0 Å². The first-order chi connectivity index (χ1) is 12.6. The minimum Gasteiger partial charge on any atom is -0.466 e. The number of ether oxygens (including phenoxy) is 1. The van der Waals surface area contributed by atoms with Gasteiger partial charge < -0.3 is 9.15 Å². The van der Waals surface area contributed by atoms with Crippen LogP contribution in [0.25, 0.3) is 6.08 Å². The van der Waals surface area contributed by atoms with Crippen LogP contribution in [0.1, 0.15) is 28.2 Å². The number of carbonyl (C=O) groups excluding carboxylic acids is 1. The first-order valence-electron chi connectivity index (χ1n) is 8.25. The molecule has 1 aliphatic rings. The van der Waals surface area contributed by atoms with Crippen LogP contribution >= 0.6 is 0 Å². The highest BCUT2D eigenvalue weighted by Gasteiger charge is 2.26. The molecule has 6 nitrogen and oxygen atoms in total. The van der Waals surface area contributed by atoms with Crippen LogP contribution in [0.2, 0.25) is 0 Å². The van der Waals surface area contributed by atoms with E-state index in [1.807, 2.05) is 61.1 Å². The Labute approximate surface area is 150 Å². The molecule has 26 heavy (non-hydrogen) atoms. The standard InChI is InChI=1S/C20H17N3O3/c1-13-8-17(14(2)25-13)19-22-18(20(24)26-19)9-16-10-21-23(12-16)11-15-6-4-3-5-7-15/h3-10,12H,11H2,1-2H3/b18-9+. The van der Waals surface area contributed by atoms with E-state index in [0.717, 1.165) is 16.9 Å². The van der Waals surface area contributed by atoms with Gasteiger partial charge in [0.15, 0.2) is 5.70 Å². The highest BCUT2D eigenvalue weighted by molar-refractivity contribution is 6.13. The molecule has 0 amide bonds. The predicted octanol–water partition coefficient (Wildman–Crippen LogP) is 3.49. The molecular weight excluding hydrogens is 330 g/mol. The molecule has 0 atom stereocenters. The number of aromatic nitrogens is 2. The Hall–Kier alpha value is -3.41. The zero-order chi connectivity index (χ0) is 18.1. The summed E-state index contributed by atoms with van der Waals surface area (Å²) in [7, 11) is 0. The Kier molecular flexibility index (Phi) is 4.01. The molecular formula is C20H17N3O3. The Balaban J connectivity index is 1.56. The highest BCUT2D eigenvalue weighted by Crippen LogP contribution is 2.23. The quantitative estimate of drug-likeness (QED) is 0.535. The molecule has 0 spiro atoms. The number of furan rings is 1. The van der Waals surface area contributed by atoms with E-state index < -0.39 is 5.97 Å². The van der Waals surface area contributed by atoms with Crippen molar-refractivity contribution in [3.8, 4) is 0 Å². The average Bonchev–Trinajstić information content (AvgIpc) is 3.29. The molecule has 130 valence electrons. The average molecular weight is 347 g/mol. The van der Waals surface area contributed by atoms with E-state index in [9.17, 15) is 4.79 Å². The van der Waals surface area contributed by atoms with Gasteiger partial charge in [-0.1, -0.05) is 30.3 Å². The number of aliphatic imine (C=N–C) groups is 1. The summed E-state index contributed by atoms with van der Waals surface area (Å²) in [5, 5.41) is 4.33. The van der Waals surface area contributed by atoms with Crippen molar-refractivity contribution in [2.75, 3.05) is 0 Å². The molecule has 0 aliphatic carbocycles. The van der Waals surface area contributed by atoms with Crippen LogP contribution in [-0.4, -0.2) is 21.6 Å². The second kappa shape index (κ2) is 6.48. The van der Waals surface area contributed by atoms with Crippen LogP contribution in [-0.2, 0) is 16.1 Å². The SMILES string of the molecule is Cc1cc(C2=N/C(=C/c3cnn(Cc4ccccc4)c3)C(=O)O2)c(C)o1. The maximum atomic E-state index is 12.1. The normalized spacial score (nSPS) is 15.4. The molecule has 0 N–H and O–H groups in total. The number of hydrogen-bond acceptors (Lipinski definition) is 5. The zero-order valence-electron chi connectivity index (χ0n) is 14.5. The Bertz CT molecular complexity index is 1030. The number of nitrogens with zero attached hydrogens (tertiary/aromatic N) is 3. The summed E-state index contributed by atoms with van der Waals surface area (Å²) in [4.78, 5) is 16.4. The topological polar surface area (TPSA) is 69.6 Å². The summed E-state index contributed by atoms with van der Waals surface area (Å²) in [5.41, 5.74) is 2.88. The summed E-state index contributed by atoms with van der Waals surface area (Å²) < 4.78 is 12.6. The van der Waals surface area contributed by atoms with Crippen molar-refractivity contribution in [1.29, 1.82) is 0 Å². The van der Waals surface area contributed by atoms with Crippen LogP contribution in [0.4, 0.5) is 0 Å². The third kappa shape index (κ3) is 3.21. The van der Waals surface area contributed by atoms with Crippen LogP contribution in [0, 0.1) is 13.8 Å². The lowest BCUT2D eigenvalue weighted by Gasteiger charge is -2.00. The molecule has 0 bridgehead atoms. The number of esters is 1. The van der Waals surface area contributed by atoms with Gasteiger partial charge in [0.2, 0.25) is 5.90 Å². The number of aryl methyl sites for hydroxylation is 2. The van der Waals surface area contributed by atoms with Crippen LogP contribution in [0.15, 0.2) is 63.9 Å². The van der Waals surface area contributed by atoms with Gasteiger partial charge in [0.25, 0.3) is 0 Å². The molecule has 3 aromatic rings. The van der Waals surface area contributed by atoms with E-state index in [1.54, 1.807) is 12.3 Å². The minimum atomic E-state index is -0.478. The predicted molar refractivity (Wildman–Crippen MR) is 96.6 cm³/mol. The minimum absolute atomic E-state index is 0.248. The molecule has 1 aliphatic heterocycles. The Morgan fingerprint density at radius 2 is 2.00 bits per heavy atom. The molecule has 0 saturated heterocycles. The summed E-state index contributed by atoms with van der Waals surface area (Å²) in [5.74, 6) is 1.21. The van der Waals surface area contributed by atoms with Gasteiger partial charge in [-0.2, -0.15) is 5.10 Å². The van der Waals surface area contributed by atoms with Gasteiger partial charge in [0.1, 0.15) is 11.5 Å². The van der Waals surface area contributed by atoms with Crippen molar-refractivity contribution >= 4 is 17.9 Å². The smallest absolute Gasteiger partial charge is 0.363 e. The second-order valence-corrected chi connectivity index (χ2v) is 6.12. The Morgan fingerprint density at radius 3 is 2.73 bits per heavy atom. The lowest BCUT2D eigenvalue weighted by atomic mass is 10.2. The first kappa shape index (κ1) is 16.1. The van der Waals surface area contributed by atoms with Crippen molar-refractivity contribution in [1.82, 2.24) is 9.78 Å². The molecule has 1 aromatic carbocycles. The van der Waals surface area contributed by atoms with Gasteiger partial charge in [-0.3, -0.25) is 4.68 Å². The lowest BCUT2D eigenvalue weighted by molar-refractivity contribution is -0.129. The summed E-state index contributed by atoms with van der Waals surface area (Å²) in [6, 6.07) is 11.9. The first-order valence-corrected chi connectivity index (χ1v) is 8.25. The van der Waals surface area contributed by atoms with Gasteiger partial charge in [-0.25, -0.2) is 9.79 Å². The third-order valence-corrected chi connectivity index (χ3v) is 4.04. The molecule has 0 radical (unpaired) electrons. The zero-order valence-corrected chi connectivity index (χ0v) is 14.5. The van der Waals surface area contributed by atoms with Crippen molar-refractivity contribution < 1.29 is 13.9 Å². The third-order valence-electron chi connectivity index (χ3n) is 4.04. The van der Waals surface area contributed by atoms with E-state index in [4.69, 9.17) is 9.15 Å². The van der Waals surface area contributed by atoms with Crippen LogP contribution < -0.4 is 0 Å². The fourth-order valence-electron chi connectivity index (χ4n) is 2.84. The number of benzene rings is 1. The van der Waals surface area contributed by atoms with Gasteiger partial charge in [0, 0.05) is 11.8 Å². The Morgan fingerprint density at radius 1 is 1.19 bits per heavy atom. The summed E-state index contributed by atoms with van der Waals surface area (Å²) >= 11 is 0. The van der Waals surface area contributed by atoms with Crippen molar-refractivity contribution in [2.24, 2.45) is 4.99 Å². The second-order valence-electron chi connectivity index (χ2n) is 6.12. The molecule has 0 fully saturated rings. The maximum absolute atomic E-state index is 12.1. The van der Waals surface area contributed by atoms with Crippen LogP contribution in [0.3, 0.4) is 0 Å². The van der Waals surface area contributed by atoms with Gasteiger partial charge >= 0.3 is 5.97 Å². The van der Waals surface area contributed by atoms with Gasteiger partial charge in [-0.15, -0.1) is 0 Å². The van der Waals surface area contributed by atoms with Crippen molar-refractivity contribution in [2.45, 2.75) is 20.4 Å². The molecule has 4 rings (SSSR count). The number of rotatable bonds is 4. The van der Waals surface area contributed by atoms with E-state index in [0.29, 0.717) is 17.9 Å². The molecule has 0 unspecified atom stereocenters. The monoisotopic (exact) mass is 347 g/mol. The summed E-state index contributed by atoms with van der Waals surface area (Å²) in [6.07, 6.45) is 5.24. The number of cyclic esters (lactones) is 1.